The summed E-state index contributed by atoms with van der Waals surface area (Å²) in [6.07, 6.45) is 5.33. The van der Waals surface area contributed by atoms with Crippen molar-refractivity contribution in [2.24, 2.45) is 0 Å². The lowest BCUT2D eigenvalue weighted by molar-refractivity contribution is -0.140. The number of hydrogen-bond acceptors (Lipinski definition) is 4. The molecule has 0 radical (unpaired) electrons. The third-order valence-electron chi connectivity index (χ3n) is 5.95. The van der Waals surface area contributed by atoms with Crippen LogP contribution in [0, 0.1) is 0 Å². The molecule has 0 bridgehead atoms. The molecule has 1 aromatic heterocycles. The largest absolute Gasteiger partial charge is 0.489 e. The molecule has 0 saturated heterocycles. The van der Waals surface area contributed by atoms with Crippen LogP contribution in [0.4, 0.5) is 0 Å². The highest BCUT2D eigenvalue weighted by Crippen LogP contribution is 2.34. The smallest absolute Gasteiger partial charge is 0.306 e. The Labute approximate surface area is 185 Å². The maximum absolute atomic E-state index is 11.5. The molecule has 1 atom stereocenters. The summed E-state index contributed by atoms with van der Waals surface area (Å²) in [5.74, 6) is 0.736. The first-order chi connectivity index (χ1) is 14.5. The van der Waals surface area contributed by atoms with Crippen LogP contribution >= 0.6 is 15.9 Å². The Morgan fingerprint density at radius 1 is 1.20 bits per heavy atom. The van der Waals surface area contributed by atoms with Crippen LogP contribution < -0.4 is 4.74 Å². The minimum Gasteiger partial charge on any atom is -0.489 e. The number of esters is 1. The van der Waals surface area contributed by atoms with Crippen molar-refractivity contribution in [3.05, 3.63) is 58.2 Å². The average molecular weight is 471 g/mol. The Morgan fingerprint density at radius 2 is 1.93 bits per heavy atom. The molecule has 30 heavy (non-hydrogen) atoms. The summed E-state index contributed by atoms with van der Waals surface area (Å²) in [6.45, 7) is 2.52. The number of hydrogen-bond donors (Lipinski definition) is 0. The third-order valence-corrected chi connectivity index (χ3v) is 6.54. The number of aromatic nitrogens is 2. The van der Waals surface area contributed by atoms with E-state index in [0.29, 0.717) is 19.1 Å². The molecule has 5 nitrogen and oxygen atoms in total. The van der Waals surface area contributed by atoms with E-state index >= 15 is 0 Å². The highest BCUT2D eigenvalue weighted by Gasteiger charge is 2.21. The quantitative estimate of drug-likeness (QED) is 0.388. The van der Waals surface area contributed by atoms with Gasteiger partial charge in [0.1, 0.15) is 17.0 Å². The SMILES string of the molecule is COC(=O)CC(C)c1ccc(OCc2ccc3c(Br)nn(C4CCCC4)c3c2)cc1. The molecule has 1 unspecified atom stereocenters. The first-order valence-electron chi connectivity index (χ1n) is 10.5. The summed E-state index contributed by atoms with van der Waals surface area (Å²) < 4.78 is 13.9. The first kappa shape index (κ1) is 20.9. The van der Waals surface area contributed by atoms with E-state index in [1.807, 2.05) is 31.2 Å². The minimum absolute atomic E-state index is 0.114. The van der Waals surface area contributed by atoms with Gasteiger partial charge in [-0.15, -0.1) is 0 Å². The van der Waals surface area contributed by atoms with Crippen LogP contribution in [0.5, 0.6) is 5.75 Å². The fraction of sp³-hybridized carbons (Fsp3) is 0.417. The van der Waals surface area contributed by atoms with Crippen LogP contribution in [0.1, 0.15) is 62.1 Å². The predicted octanol–water partition coefficient (Wildman–Crippen LogP) is 6.16. The molecule has 1 aliphatic carbocycles. The molecule has 1 saturated carbocycles. The Balaban J connectivity index is 1.44. The molecule has 1 heterocycles. The zero-order valence-electron chi connectivity index (χ0n) is 17.4. The van der Waals surface area contributed by atoms with Crippen molar-refractivity contribution in [1.82, 2.24) is 9.78 Å². The van der Waals surface area contributed by atoms with E-state index in [1.54, 1.807) is 0 Å². The normalized spacial score (nSPS) is 15.4. The second-order valence-electron chi connectivity index (χ2n) is 8.06. The Bertz CT molecular complexity index is 1020. The van der Waals surface area contributed by atoms with Gasteiger partial charge in [-0.3, -0.25) is 9.48 Å². The number of rotatable bonds is 7. The van der Waals surface area contributed by atoms with Gasteiger partial charge in [0.2, 0.25) is 0 Å². The Kier molecular flexibility index (Phi) is 6.42. The van der Waals surface area contributed by atoms with E-state index < -0.39 is 0 Å². The van der Waals surface area contributed by atoms with Gasteiger partial charge in [-0.25, -0.2) is 0 Å². The Hall–Kier alpha value is -2.34. The molecular formula is C24H27BrN2O3. The average Bonchev–Trinajstić information content (AvgIpc) is 3.40. The van der Waals surface area contributed by atoms with Crippen molar-refractivity contribution in [3.63, 3.8) is 0 Å². The van der Waals surface area contributed by atoms with E-state index in [9.17, 15) is 4.79 Å². The van der Waals surface area contributed by atoms with E-state index in [-0.39, 0.29) is 11.9 Å². The highest BCUT2D eigenvalue weighted by molar-refractivity contribution is 9.10. The summed E-state index contributed by atoms with van der Waals surface area (Å²) in [7, 11) is 1.42. The van der Waals surface area contributed by atoms with Gasteiger partial charge < -0.3 is 9.47 Å². The lowest BCUT2D eigenvalue weighted by Crippen LogP contribution is -2.06. The van der Waals surface area contributed by atoms with Gasteiger partial charge in [-0.05, 0) is 70.1 Å². The lowest BCUT2D eigenvalue weighted by Gasteiger charge is -2.13. The van der Waals surface area contributed by atoms with Crippen molar-refractivity contribution >= 4 is 32.8 Å². The summed E-state index contributed by atoms with van der Waals surface area (Å²) in [5, 5.41) is 5.89. The number of ether oxygens (including phenoxy) is 2. The zero-order chi connectivity index (χ0) is 21.1. The number of fused-ring (bicyclic) bond motifs is 1. The van der Waals surface area contributed by atoms with Crippen molar-refractivity contribution in [2.75, 3.05) is 7.11 Å². The number of nitrogens with zero attached hydrogens (tertiary/aromatic N) is 2. The van der Waals surface area contributed by atoms with Gasteiger partial charge in [0.25, 0.3) is 0 Å². The number of benzene rings is 2. The first-order valence-corrected chi connectivity index (χ1v) is 11.3. The summed E-state index contributed by atoms with van der Waals surface area (Å²) in [5.41, 5.74) is 3.39. The van der Waals surface area contributed by atoms with Crippen LogP contribution in [0.15, 0.2) is 47.1 Å². The molecular weight excluding hydrogens is 444 g/mol. The second kappa shape index (κ2) is 9.21. The van der Waals surface area contributed by atoms with Crippen LogP contribution in [-0.4, -0.2) is 22.9 Å². The molecule has 0 spiro atoms. The monoisotopic (exact) mass is 470 g/mol. The van der Waals surface area contributed by atoms with Crippen LogP contribution in [-0.2, 0) is 16.1 Å². The molecule has 0 amide bonds. The van der Waals surface area contributed by atoms with Crippen molar-refractivity contribution in [1.29, 1.82) is 0 Å². The standard InChI is InChI=1S/C24H27BrN2O3/c1-16(13-23(28)29-2)18-8-10-20(11-9-18)30-15-17-7-12-21-22(14-17)27(26-24(21)25)19-5-3-4-6-19/h7-12,14,16,19H,3-6,13,15H2,1-2H3. The molecule has 1 fully saturated rings. The van der Waals surface area contributed by atoms with E-state index in [2.05, 4.69) is 38.8 Å². The van der Waals surface area contributed by atoms with Gasteiger partial charge in [0, 0.05) is 5.39 Å². The summed E-state index contributed by atoms with van der Waals surface area (Å²) >= 11 is 3.61. The van der Waals surface area contributed by atoms with Gasteiger partial charge in [-0.2, -0.15) is 5.10 Å². The van der Waals surface area contributed by atoms with Crippen LogP contribution in [0.25, 0.3) is 10.9 Å². The predicted molar refractivity (Wildman–Crippen MR) is 121 cm³/mol. The number of carbonyl (C=O) groups is 1. The molecule has 3 aromatic rings. The molecule has 0 aliphatic heterocycles. The van der Waals surface area contributed by atoms with Crippen LogP contribution in [0.2, 0.25) is 0 Å². The second-order valence-corrected chi connectivity index (χ2v) is 8.82. The lowest BCUT2D eigenvalue weighted by atomic mass is 9.98. The molecule has 1 aliphatic rings. The van der Waals surface area contributed by atoms with E-state index in [1.165, 1.54) is 38.3 Å². The fourth-order valence-corrected chi connectivity index (χ4v) is 4.68. The topological polar surface area (TPSA) is 53.4 Å². The molecule has 2 aromatic carbocycles. The molecule has 4 rings (SSSR count). The molecule has 6 heteroatoms. The van der Waals surface area contributed by atoms with Crippen molar-refractivity contribution < 1.29 is 14.3 Å². The van der Waals surface area contributed by atoms with Gasteiger partial charge in [0.05, 0.1) is 25.1 Å². The maximum atomic E-state index is 11.5. The van der Waals surface area contributed by atoms with E-state index in [4.69, 9.17) is 14.6 Å². The van der Waals surface area contributed by atoms with E-state index in [0.717, 1.165) is 26.9 Å². The summed E-state index contributed by atoms with van der Waals surface area (Å²) in [4.78, 5) is 11.5. The number of methoxy groups -OCH3 is 1. The minimum atomic E-state index is -0.193. The highest BCUT2D eigenvalue weighted by atomic mass is 79.9. The fourth-order valence-electron chi connectivity index (χ4n) is 4.17. The van der Waals surface area contributed by atoms with Gasteiger partial charge in [0.15, 0.2) is 0 Å². The van der Waals surface area contributed by atoms with Crippen LogP contribution in [0.3, 0.4) is 0 Å². The number of carbonyl (C=O) groups excluding carboxylic acids is 1. The Morgan fingerprint density at radius 3 is 2.63 bits per heavy atom. The maximum Gasteiger partial charge on any atom is 0.306 e. The third kappa shape index (κ3) is 4.53. The van der Waals surface area contributed by atoms with Gasteiger partial charge in [-0.1, -0.05) is 38.0 Å². The van der Waals surface area contributed by atoms with Crippen molar-refractivity contribution in [2.45, 2.75) is 57.6 Å². The van der Waals surface area contributed by atoms with Gasteiger partial charge >= 0.3 is 5.97 Å². The molecule has 0 N–H and O–H groups in total. The summed E-state index contributed by atoms with van der Waals surface area (Å²) in [6, 6.07) is 14.8. The zero-order valence-corrected chi connectivity index (χ0v) is 19.0. The number of halogens is 1. The molecule has 158 valence electrons. The van der Waals surface area contributed by atoms with Crippen molar-refractivity contribution in [3.8, 4) is 5.75 Å².